The van der Waals surface area contributed by atoms with Gasteiger partial charge in [-0.25, -0.2) is 0 Å². The van der Waals surface area contributed by atoms with E-state index >= 15 is 0 Å². The van der Waals surface area contributed by atoms with Crippen LogP contribution in [0.5, 0.6) is 0 Å². The maximum Gasteiger partial charge on any atom is 0.320 e. The van der Waals surface area contributed by atoms with Gasteiger partial charge < -0.3 is 29.6 Å². The summed E-state index contributed by atoms with van der Waals surface area (Å²) in [5.41, 5.74) is 0. The number of rotatable bonds is 15. The minimum atomic E-state index is -0.544. The number of carbonyl (C=O) groups is 4. The zero-order valence-corrected chi connectivity index (χ0v) is 14.5. The molecule has 0 aliphatic rings. The Hall–Kier alpha value is -2.72. The Morgan fingerprint density at radius 2 is 1.08 bits per heavy atom. The van der Waals surface area contributed by atoms with Gasteiger partial charge in [0.1, 0.15) is 13.2 Å². The largest absolute Gasteiger partial charge is 0.461 e. The molecule has 0 heterocycles. The Balaban J connectivity index is 3.51. The van der Waals surface area contributed by atoms with Gasteiger partial charge in [0.05, 0.1) is 38.5 Å². The van der Waals surface area contributed by atoms with Crippen molar-refractivity contribution in [1.82, 2.24) is 10.6 Å². The molecular weight excluding hydrogens is 348 g/mol. The van der Waals surface area contributed by atoms with Gasteiger partial charge in [-0.2, -0.15) is 0 Å². The highest BCUT2D eigenvalue weighted by atomic mass is 16.6. The first-order valence-electron chi connectivity index (χ1n) is 7.83. The van der Waals surface area contributed by atoms with E-state index in [0.717, 1.165) is 12.5 Å². The van der Waals surface area contributed by atoms with Gasteiger partial charge in [0, 0.05) is 13.1 Å². The number of nitrogens with one attached hydrogen (secondary N) is 2. The minimum absolute atomic E-state index is 0.0856. The predicted molar refractivity (Wildman–Crippen MR) is 89.5 cm³/mol. The maximum absolute atomic E-state index is 11.4. The van der Waals surface area contributed by atoms with Gasteiger partial charge in [-0.3, -0.25) is 19.2 Å². The fraction of sp³-hybridized carbons (Fsp3) is 0.500. The van der Waals surface area contributed by atoms with E-state index in [1.165, 1.54) is 0 Å². The Bertz CT molecular complexity index is 449. The van der Waals surface area contributed by atoms with E-state index in [4.69, 9.17) is 9.47 Å². The summed E-state index contributed by atoms with van der Waals surface area (Å²) in [6.45, 7) is 6.65. The van der Waals surface area contributed by atoms with Crippen molar-refractivity contribution < 1.29 is 38.1 Å². The van der Waals surface area contributed by atoms with E-state index in [0.29, 0.717) is 0 Å². The summed E-state index contributed by atoms with van der Waals surface area (Å²) in [5, 5.41) is 5.41. The molecule has 0 spiro atoms. The molecule has 0 unspecified atom stereocenters. The highest BCUT2D eigenvalue weighted by Crippen LogP contribution is 1.87. The van der Waals surface area contributed by atoms with E-state index in [9.17, 15) is 19.2 Å². The second kappa shape index (κ2) is 15.8. The van der Waals surface area contributed by atoms with Crippen molar-refractivity contribution in [1.29, 1.82) is 0 Å². The Labute approximate surface area is 151 Å². The van der Waals surface area contributed by atoms with E-state index < -0.39 is 23.9 Å². The quantitative estimate of drug-likeness (QED) is 0.166. The van der Waals surface area contributed by atoms with Crippen LogP contribution in [0.1, 0.15) is 12.8 Å². The van der Waals surface area contributed by atoms with Crippen LogP contribution in [0.15, 0.2) is 25.7 Å². The van der Waals surface area contributed by atoms with Crippen molar-refractivity contribution >= 4 is 23.9 Å². The molecule has 0 aliphatic carbocycles. The zero-order valence-electron chi connectivity index (χ0n) is 14.5. The Morgan fingerprint density at radius 1 is 0.692 bits per heavy atom. The molecule has 0 atom stereocenters. The molecule has 0 aliphatic heterocycles. The van der Waals surface area contributed by atoms with Gasteiger partial charge in [-0.05, 0) is 0 Å². The van der Waals surface area contributed by atoms with Crippen molar-refractivity contribution in [3.05, 3.63) is 25.7 Å². The molecule has 0 bridgehead atoms. The van der Waals surface area contributed by atoms with E-state index in [2.05, 4.69) is 33.3 Å². The van der Waals surface area contributed by atoms with Crippen LogP contribution in [0.3, 0.4) is 0 Å². The van der Waals surface area contributed by atoms with Gasteiger partial charge in [0.2, 0.25) is 0 Å². The van der Waals surface area contributed by atoms with Gasteiger partial charge in [-0.1, -0.05) is 13.2 Å². The number of carbonyl (C=O) groups excluding carboxylic acids is 4. The fourth-order valence-electron chi connectivity index (χ4n) is 1.48. The molecule has 0 aromatic rings. The van der Waals surface area contributed by atoms with Crippen LogP contribution in [-0.2, 0) is 38.1 Å². The van der Waals surface area contributed by atoms with Crippen LogP contribution in [0.2, 0.25) is 0 Å². The average molecular weight is 372 g/mol. The number of hydrogen-bond donors (Lipinski definition) is 2. The van der Waals surface area contributed by atoms with Crippen LogP contribution < -0.4 is 10.6 Å². The van der Waals surface area contributed by atoms with E-state index in [-0.39, 0.29) is 52.2 Å². The third-order valence-electron chi connectivity index (χ3n) is 2.59. The van der Waals surface area contributed by atoms with Crippen molar-refractivity contribution in [2.45, 2.75) is 12.8 Å². The lowest BCUT2D eigenvalue weighted by Crippen LogP contribution is -2.29. The molecule has 0 amide bonds. The summed E-state index contributed by atoms with van der Waals surface area (Å²) in [5.74, 6) is -2.01. The predicted octanol–water partition coefficient (Wildman–Crippen LogP) is -0.594. The summed E-state index contributed by atoms with van der Waals surface area (Å²) in [4.78, 5) is 44.7. The smallest absolute Gasteiger partial charge is 0.320 e. The van der Waals surface area contributed by atoms with Gasteiger partial charge in [-0.15, -0.1) is 0 Å². The summed E-state index contributed by atoms with van der Waals surface area (Å²) in [7, 11) is 0. The zero-order chi connectivity index (χ0) is 19.6. The Kier molecular flexibility index (Phi) is 14.1. The average Bonchev–Trinajstić information content (AvgIpc) is 2.60. The molecule has 0 aromatic heterocycles. The van der Waals surface area contributed by atoms with Crippen LogP contribution in [0.4, 0.5) is 0 Å². The van der Waals surface area contributed by atoms with Gasteiger partial charge in [0.25, 0.3) is 0 Å². The fourth-order valence-corrected chi connectivity index (χ4v) is 1.48. The first kappa shape index (κ1) is 23.3. The lowest BCUT2D eigenvalue weighted by molar-refractivity contribution is -0.151. The molecule has 0 fully saturated rings. The molecule has 146 valence electrons. The van der Waals surface area contributed by atoms with Crippen LogP contribution in [-0.4, -0.2) is 63.3 Å². The summed E-state index contributed by atoms with van der Waals surface area (Å²) >= 11 is 0. The molecular formula is C16H24N2O8. The molecule has 0 saturated heterocycles. The standard InChI is InChI=1S/C16H24N2O8/c1-3-23-13(19)5-7-17-11-15(21)25-9-10-26-16(22)12-18-8-6-14(20)24-4-2/h3-4,17-18H,1-2,5-12H2. The third-order valence-corrected chi connectivity index (χ3v) is 2.59. The second-order valence-corrected chi connectivity index (χ2v) is 4.61. The lowest BCUT2D eigenvalue weighted by atomic mass is 10.4. The van der Waals surface area contributed by atoms with Crippen molar-refractivity contribution in [2.24, 2.45) is 0 Å². The molecule has 10 heteroatoms. The van der Waals surface area contributed by atoms with Crippen LogP contribution in [0.25, 0.3) is 0 Å². The first-order chi connectivity index (χ1) is 12.5. The Morgan fingerprint density at radius 3 is 1.42 bits per heavy atom. The lowest BCUT2D eigenvalue weighted by Gasteiger charge is -2.08. The van der Waals surface area contributed by atoms with Crippen molar-refractivity contribution in [2.75, 3.05) is 39.4 Å². The highest BCUT2D eigenvalue weighted by Gasteiger charge is 2.07. The molecule has 10 nitrogen and oxygen atoms in total. The minimum Gasteiger partial charge on any atom is -0.461 e. The van der Waals surface area contributed by atoms with Gasteiger partial charge >= 0.3 is 23.9 Å². The van der Waals surface area contributed by atoms with E-state index in [1.807, 2.05) is 0 Å². The normalized spacial score (nSPS) is 9.69. The van der Waals surface area contributed by atoms with Crippen molar-refractivity contribution in [3.63, 3.8) is 0 Å². The summed E-state index contributed by atoms with van der Waals surface area (Å²) in [6, 6.07) is 0. The van der Waals surface area contributed by atoms with Crippen molar-refractivity contribution in [3.8, 4) is 0 Å². The number of ether oxygens (including phenoxy) is 4. The monoisotopic (exact) mass is 372 g/mol. The summed E-state index contributed by atoms with van der Waals surface area (Å²) < 4.78 is 18.7. The third kappa shape index (κ3) is 14.8. The molecule has 0 radical (unpaired) electrons. The topological polar surface area (TPSA) is 129 Å². The number of esters is 4. The molecule has 2 N–H and O–H groups in total. The van der Waals surface area contributed by atoms with Gasteiger partial charge in [0.15, 0.2) is 0 Å². The van der Waals surface area contributed by atoms with E-state index in [1.54, 1.807) is 0 Å². The maximum atomic E-state index is 11.4. The molecule has 0 saturated carbocycles. The SMILES string of the molecule is C=COC(=O)CCNCC(=O)OCCOC(=O)CNCCC(=O)OC=C. The summed E-state index contributed by atoms with van der Waals surface area (Å²) in [6.07, 6.45) is 2.25. The van der Waals surface area contributed by atoms with Crippen LogP contribution in [0, 0.1) is 0 Å². The molecule has 0 aromatic carbocycles. The molecule has 26 heavy (non-hydrogen) atoms. The number of hydrogen-bond acceptors (Lipinski definition) is 10. The van der Waals surface area contributed by atoms with Crippen LogP contribution >= 0.6 is 0 Å². The molecule has 0 rings (SSSR count). The highest BCUT2D eigenvalue weighted by molar-refractivity contribution is 5.73. The first-order valence-corrected chi connectivity index (χ1v) is 7.83. The second-order valence-electron chi connectivity index (χ2n) is 4.61.